The SMILES string of the molecule is Cc1[nH]cnc1CSCCNC(=CN)S(=O)(=O)c1ccc(Cl)c(Cl)c1. The molecule has 0 atom stereocenters. The van der Waals surface area contributed by atoms with Gasteiger partial charge in [0.05, 0.1) is 27.0 Å². The number of aryl methyl sites for hydroxylation is 1. The standard InChI is InChI=1S/C15H18Cl2N4O2S2/c1-10-14(21-9-20-10)8-24-5-4-19-15(7-18)25(22,23)11-2-3-12(16)13(17)6-11/h2-3,6-7,9,19H,4-5,8,18H2,1H3,(H,20,21). The Kier molecular flexibility index (Phi) is 7.06. The summed E-state index contributed by atoms with van der Waals surface area (Å²) in [5, 5.41) is 3.25. The number of aromatic amines is 1. The number of benzene rings is 1. The Morgan fingerprint density at radius 1 is 1.40 bits per heavy atom. The second-order valence-electron chi connectivity index (χ2n) is 5.06. The third-order valence-corrected chi connectivity index (χ3v) is 6.80. The maximum Gasteiger partial charge on any atom is 0.222 e. The molecule has 1 aromatic heterocycles. The molecule has 0 aliphatic heterocycles. The van der Waals surface area contributed by atoms with Gasteiger partial charge in [-0.25, -0.2) is 13.4 Å². The molecule has 6 nitrogen and oxygen atoms in total. The van der Waals surface area contributed by atoms with Crippen molar-refractivity contribution in [3.05, 3.63) is 57.2 Å². The molecule has 0 aliphatic carbocycles. The van der Waals surface area contributed by atoms with Gasteiger partial charge in [-0.1, -0.05) is 23.2 Å². The van der Waals surface area contributed by atoms with Crippen molar-refractivity contribution in [1.29, 1.82) is 0 Å². The van der Waals surface area contributed by atoms with E-state index < -0.39 is 9.84 Å². The number of aromatic nitrogens is 2. The van der Waals surface area contributed by atoms with Crippen molar-refractivity contribution in [3.8, 4) is 0 Å². The first-order valence-corrected chi connectivity index (χ1v) is 10.7. The number of H-pyrrole nitrogens is 1. The molecule has 2 aromatic rings. The summed E-state index contributed by atoms with van der Waals surface area (Å²) in [6.07, 6.45) is 2.70. The Balaban J connectivity index is 1.92. The van der Waals surface area contributed by atoms with E-state index in [1.54, 1.807) is 18.1 Å². The lowest BCUT2D eigenvalue weighted by atomic mass is 10.4. The lowest BCUT2D eigenvalue weighted by Gasteiger charge is -2.12. The molecule has 0 aliphatic rings. The van der Waals surface area contributed by atoms with Gasteiger partial charge in [0.1, 0.15) is 5.03 Å². The molecule has 2 rings (SSSR count). The quantitative estimate of drug-likeness (QED) is 0.567. The molecule has 0 radical (unpaired) electrons. The van der Waals surface area contributed by atoms with Crippen molar-refractivity contribution in [2.75, 3.05) is 12.3 Å². The van der Waals surface area contributed by atoms with Gasteiger partial charge in [0.15, 0.2) is 0 Å². The first-order valence-electron chi connectivity index (χ1n) is 7.28. The summed E-state index contributed by atoms with van der Waals surface area (Å²) in [6, 6.07) is 4.14. The average molecular weight is 421 g/mol. The van der Waals surface area contributed by atoms with Crippen LogP contribution in [0.15, 0.2) is 40.7 Å². The molecular weight excluding hydrogens is 403 g/mol. The molecule has 1 heterocycles. The number of hydrogen-bond acceptors (Lipinski definition) is 6. The lowest BCUT2D eigenvalue weighted by Crippen LogP contribution is -2.24. The summed E-state index contributed by atoms with van der Waals surface area (Å²) in [6.45, 7) is 2.40. The van der Waals surface area contributed by atoms with Crippen molar-refractivity contribution in [3.63, 3.8) is 0 Å². The number of sulfone groups is 1. The van der Waals surface area contributed by atoms with Crippen molar-refractivity contribution in [2.45, 2.75) is 17.6 Å². The highest BCUT2D eigenvalue weighted by Crippen LogP contribution is 2.27. The van der Waals surface area contributed by atoms with Crippen molar-refractivity contribution in [1.82, 2.24) is 15.3 Å². The smallest absolute Gasteiger partial charge is 0.222 e. The minimum atomic E-state index is -3.77. The maximum absolute atomic E-state index is 12.6. The van der Waals surface area contributed by atoms with Gasteiger partial charge in [0, 0.05) is 29.9 Å². The minimum Gasteiger partial charge on any atom is -0.402 e. The normalized spacial score (nSPS) is 12.4. The van der Waals surface area contributed by atoms with Crippen LogP contribution in [-0.4, -0.2) is 30.7 Å². The van der Waals surface area contributed by atoms with Crippen LogP contribution in [0.3, 0.4) is 0 Å². The van der Waals surface area contributed by atoms with Crippen LogP contribution in [0, 0.1) is 6.92 Å². The van der Waals surface area contributed by atoms with Gasteiger partial charge in [0.2, 0.25) is 9.84 Å². The van der Waals surface area contributed by atoms with E-state index >= 15 is 0 Å². The highest BCUT2D eigenvalue weighted by molar-refractivity contribution is 7.98. The zero-order valence-corrected chi connectivity index (χ0v) is 16.6. The summed E-state index contributed by atoms with van der Waals surface area (Å²) >= 11 is 13.4. The molecule has 0 saturated carbocycles. The van der Waals surface area contributed by atoms with E-state index in [0.717, 1.165) is 23.3 Å². The zero-order chi connectivity index (χ0) is 18.4. The molecule has 136 valence electrons. The van der Waals surface area contributed by atoms with Gasteiger partial charge < -0.3 is 16.0 Å². The summed E-state index contributed by atoms with van der Waals surface area (Å²) in [4.78, 5) is 7.26. The molecule has 0 bridgehead atoms. The fourth-order valence-electron chi connectivity index (χ4n) is 1.96. The summed E-state index contributed by atoms with van der Waals surface area (Å²) in [5.74, 6) is 1.44. The van der Waals surface area contributed by atoms with Crippen LogP contribution in [-0.2, 0) is 15.6 Å². The summed E-state index contributed by atoms with van der Waals surface area (Å²) in [7, 11) is -3.77. The third-order valence-electron chi connectivity index (χ3n) is 3.36. The Morgan fingerprint density at radius 2 is 2.16 bits per heavy atom. The van der Waals surface area contributed by atoms with E-state index in [1.807, 2.05) is 6.92 Å². The van der Waals surface area contributed by atoms with E-state index in [-0.39, 0.29) is 20.0 Å². The second-order valence-corrected chi connectivity index (χ2v) is 8.90. The number of nitrogens with two attached hydrogens (primary N) is 1. The van der Waals surface area contributed by atoms with Crippen molar-refractivity contribution < 1.29 is 8.42 Å². The van der Waals surface area contributed by atoms with Gasteiger partial charge in [0.25, 0.3) is 0 Å². The molecule has 25 heavy (non-hydrogen) atoms. The predicted molar refractivity (Wildman–Crippen MR) is 103 cm³/mol. The number of nitrogens with zero attached hydrogens (tertiary/aromatic N) is 1. The summed E-state index contributed by atoms with van der Waals surface area (Å²) in [5.41, 5.74) is 7.51. The van der Waals surface area contributed by atoms with Gasteiger partial charge in [-0.3, -0.25) is 0 Å². The highest BCUT2D eigenvalue weighted by Gasteiger charge is 2.21. The first-order chi connectivity index (χ1) is 11.9. The number of thioether (sulfide) groups is 1. The van der Waals surface area contributed by atoms with Crippen LogP contribution in [0.2, 0.25) is 10.0 Å². The summed E-state index contributed by atoms with van der Waals surface area (Å²) < 4.78 is 25.2. The predicted octanol–water partition coefficient (Wildman–Crippen LogP) is 3.08. The number of nitrogens with one attached hydrogen (secondary N) is 2. The Morgan fingerprint density at radius 3 is 2.76 bits per heavy atom. The van der Waals surface area contributed by atoms with Crippen molar-refractivity contribution in [2.24, 2.45) is 5.73 Å². The fourth-order valence-corrected chi connectivity index (χ4v) is 4.45. The lowest BCUT2D eigenvalue weighted by molar-refractivity contribution is 0.597. The molecular formula is C15H18Cl2N4O2S2. The minimum absolute atomic E-state index is 0.0332. The fraction of sp³-hybridized carbons (Fsp3) is 0.267. The van der Waals surface area contributed by atoms with Crippen LogP contribution >= 0.6 is 35.0 Å². The molecule has 0 fully saturated rings. The molecule has 1 aromatic carbocycles. The Bertz CT molecular complexity index is 866. The molecule has 0 unspecified atom stereocenters. The van der Waals surface area contributed by atoms with Crippen LogP contribution in [0.1, 0.15) is 11.4 Å². The molecule has 0 saturated heterocycles. The van der Waals surface area contributed by atoms with Gasteiger partial charge in [-0.2, -0.15) is 11.8 Å². The Labute approximate surface area is 161 Å². The third kappa shape index (κ3) is 5.07. The first kappa shape index (κ1) is 20.0. The number of hydrogen-bond donors (Lipinski definition) is 3. The van der Waals surface area contributed by atoms with Crippen LogP contribution in [0.5, 0.6) is 0 Å². The zero-order valence-electron chi connectivity index (χ0n) is 13.4. The van der Waals surface area contributed by atoms with E-state index in [4.69, 9.17) is 28.9 Å². The van der Waals surface area contributed by atoms with Crippen LogP contribution in [0.25, 0.3) is 0 Å². The topological polar surface area (TPSA) is 101 Å². The molecule has 10 heteroatoms. The highest BCUT2D eigenvalue weighted by atomic mass is 35.5. The number of rotatable bonds is 8. The number of imidazole rings is 1. The second kappa shape index (κ2) is 8.84. The van der Waals surface area contributed by atoms with Crippen LogP contribution in [0.4, 0.5) is 0 Å². The average Bonchev–Trinajstić information content (AvgIpc) is 2.98. The monoisotopic (exact) mass is 420 g/mol. The van der Waals surface area contributed by atoms with E-state index in [9.17, 15) is 8.42 Å². The molecule has 4 N–H and O–H groups in total. The molecule has 0 spiro atoms. The van der Waals surface area contributed by atoms with Gasteiger partial charge in [-0.05, 0) is 25.1 Å². The van der Waals surface area contributed by atoms with Gasteiger partial charge >= 0.3 is 0 Å². The van der Waals surface area contributed by atoms with Crippen LogP contribution < -0.4 is 11.1 Å². The van der Waals surface area contributed by atoms with E-state index in [1.165, 1.54) is 18.2 Å². The largest absolute Gasteiger partial charge is 0.402 e. The van der Waals surface area contributed by atoms with E-state index in [0.29, 0.717) is 12.3 Å². The van der Waals surface area contributed by atoms with Gasteiger partial charge in [-0.15, -0.1) is 0 Å². The Hall–Kier alpha value is -1.35. The molecule has 0 amide bonds. The maximum atomic E-state index is 12.6. The van der Waals surface area contributed by atoms with Crippen molar-refractivity contribution >= 4 is 44.8 Å². The van der Waals surface area contributed by atoms with E-state index in [2.05, 4.69) is 15.3 Å². The number of halogens is 2.